The molecule has 0 radical (unpaired) electrons. The fourth-order valence-corrected chi connectivity index (χ4v) is 2.87. The number of benzene rings is 1. The number of ether oxygens (including phenoxy) is 1. The third-order valence-corrected chi connectivity index (χ3v) is 4.20. The number of aryl methyl sites for hydroxylation is 1. The molecule has 0 bridgehead atoms. The number of hydrogen-bond acceptors (Lipinski definition) is 7. The van der Waals surface area contributed by atoms with E-state index in [0.29, 0.717) is 11.3 Å². The van der Waals surface area contributed by atoms with Crippen LogP contribution in [0, 0.1) is 6.92 Å². The summed E-state index contributed by atoms with van der Waals surface area (Å²) in [5, 5.41) is 2.60. The number of furan rings is 1. The summed E-state index contributed by atoms with van der Waals surface area (Å²) in [6, 6.07) is 6.46. The molecule has 1 N–H and O–H groups in total. The summed E-state index contributed by atoms with van der Waals surface area (Å²) in [6.45, 7) is 4.42. The summed E-state index contributed by atoms with van der Waals surface area (Å²) in [4.78, 5) is 52.9. The van der Waals surface area contributed by atoms with Crippen LogP contribution in [-0.4, -0.2) is 33.8 Å². The van der Waals surface area contributed by atoms with Gasteiger partial charge in [-0.05, 0) is 32.9 Å². The van der Waals surface area contributed by atoms with Gasteiger partial charge in [0.25, 0.3) is 5.56 Å². The number of amides is 1. The van der Waals surface area contributed by atoms with Gasteiger partial charge in [-0.1, -0.05) is 12.1 Å². The zero-order chi connectivity index (χ0) is 21.1. The van der Waals surface area contributed by atoms with Crippen molar-refractivity contribution in [2.45, 2.75) is 27.3 Å². The number of nitrogens with one attached hydrogen (secondary N) is 1. The van der Waals surface area contributed by atoms with Crippen molar-refractivity contribution in [2.24, 2.45) is 0 Å². The Kier molecular flexibility index (Phi) is 5.58. The molecule has 1 aromatic carbocycles. The number of fused-ring (bicyclic) bond motifs is 1. The number of anilines is 1. The van der Waals surface area contributed by atoms with E-state index in [0.717, 1.165) is 4.57 Å². The summed E-state index contributed by atoms with van der Waals surface area (Å²) < 4.78 is 11.4. The summed E-state index contributed by atoms with van der Waals surface area (Å²) in [6.07, 6.45) is 1.17. The van der Waals surface area contributed by atoms with Crippen LogP contribution in [0.25, 0.3) is 11.1 Å². The summed E-state index contributed by atoms with van der Waals surface area (Å²) >= 11 is 0. The van der Waals surface area contributed by atoms with Crippen LogP contribution in [0.4, 0.5) is 5.69 Å². The van der Waals surface area contributed by atoms with E-state index in [-0.39, 0.29) is 41.4 Å². The van der Waals surface area contributed by atoms with Gasteiger partial charge in [-0.15, -0.1) is 0 Å². The molecule has 29 heavy (non-hydrogen) atoms. The number of nitrogens with zero attached hydrogens (tertiary/aromatic N) is 2. The number of esters is 1. The van der Waals surface area contributed by atoms with Crippen molar-refractivity contribution in [3.05, 3.63) is 57.8 Å². The number of rotatable bonds is 6. The molecule has 0 unspecified atom stereocenters. The number of carbonyl (C=O) groups is 3. The highest BCUT2D eigenvalue weighted by Crippen LogP contribution is 2.21. The molecule has 2 heterocycles. The Morgan fingerprint density at radius 1 is 1.28 bits per heavy atom. The lowest BCUT2D eigenvalue weighted by Crippen LogP contribution is -2.28. The zero-order valence-electron chi connectivity index (χ0n) is 16.1. The van der Waals surface area contributed by atoms with E-state index < -0.39 is 17.4 Å². The molecular weight excluding hydrogens is 378 g/mol. The lowest BCUT2D eigenvalue weighted by atomic mass is 10.1. The van der Waals surface area contributed by atoms with Crippen LogP contribution in [-0.2, 0) is 16.1 Å². The highest BCUT2D eigenvalue weighted by Gasteiger charge is 2.24. The Labute approximate surface area is 165 Å². The van der Waals surface area contributed by atoms with Gasteiger partial charge in [0.1, 0.15) is 29.6 Å². The summed E-state index contributed by atoms with van der Waals surface area (Å²) in [5.74, 6) is -1.10. The molecule has 9 nitrogen and oxygen atoms in total. The third-order valence-electron chi connectivity index (χ3n) is 4.20. The molecule has 0 aliphatic carbocycles. The van der Waals surface area contributed by atoms with E-state index in [1.165, 1.54) is 20.2 Å². The molecule has 3 aromatic rings. The maximum absolute atomic E-state index is 12.8. The van der Waals surface area contributed by atoms with Crippen molar-refractivity contribution < 1.29 is 23.5 Å². The lowest BCUT2D eigenvalue weighted by Gasteiger charge is -2.08. The van der Waals surface area contributed by atoms with Crippen LogP contribution < -0.4 is 10.9 Å². The van der Waals surface area contributed by atoms with Gasteiger partial charge in [0.2, 0.25) is 11.6 Å². The fraction of sp³-hybridized carbons (Fsp3) is 0.250. The van der Waals surface area contributed by atoms with Gasteiger partial charge in [0, 0.05) is 11.3 Å². The zero-order valence-corrected chi connectivity index (χ0v) is 16.1. The van der Waals surface area contributed by atoms with E-state index >= 15 is 0 Å². The molecule has 0 saturated heterocycles. The molecule has 0 aliphatic heterocycles. The van der Waals surface area contributed by atoms with Crippen molar-refractivity contribution in [1.82, 2.24) is 9.55 Å². The predicted octanol–water partition coefficient (Wildman–Crippen LogP) is 2.32. The minimum atomic E-state index is -0.689. The van der Waals surface area contributed by atoms with Crippen LogP contribution >= 0.6 is 0 Å². The Balaban J connectivity index is 1.89. The van der Waals surface area contributed by atoms with Gasteiger partial charge >= 0.3 is 5.97 Å². The van der Waals surface area contributed by atoms with Crippen molar-refractivity contribution in [3.63, 3.8) is 0 Å². The van der Waals surface area contributed by atoms with Crippen LogP contribution in [0.3, 0.4) is 0 Å². The largest absolute Gasteiger partial charge is 0.462 e. The van der Waals surface area contributed by atoms with E-state index in [9.17, 15) is 19.2 Å². The van der Waals surface area contributed by atoms with Crippen LogP contribution in [0.15, 0.2) is 39.8 Å². The molecule has 1 amide bonds. The van der Waals surface area contributed by atoms with E-state index in [1.807, 2.05) is 0 Å². The molecule has 3 rings (SSSR count). The normalized spacial score (nSPS) is 10.7. The monoisotopic (exact) mass is 397 g/mol. The number of ketones is 1. The number of aromatic nitrogens is 2. The topological polar surface area (TPSA) is 120 Å². The van der Waals surface area contributed by atoms with Gasteiger partial charge in [-0.2, -0.15) is 0 Å². The van der Waals surface area contributed by atoms with Crippen molar-refractivity contribution in [1.29, 1.82) is 0 Å². The van der Waals surface area contributed by atoms with Gasteiger partial charge in [-0.25, -0.2) is 9.78 Å². The highest BCUT2D eigenvalue weighted by molar-refractivity contribution is 6.03. The second kappa shape index (κ2) is 8.09. The second-order valence-corrected chi connectivity index (χ2v) is 6.30. The number of hydrogen-bond donors (Lipinski definition) is 1. The maximum Gasteiger partial charge on any atom is 0.342 e. The highest BCUT2D eigenvalue weighted by atomic mass is 16.5. The third kappa shape index (κ3) is 4.08. The number of Topliss-reactive ketones (excluding diaryl/α,β-unsaturated/α-hetero) is 1. The molecule has 0 aliphatic rings. The standard InChI is InChI=1S/C20H19N3O6/c1-4-28-20(27)16-12(3)29-18-17(16)19(26)23(10-21-18)9-15(25)22-14-7-5-6-13(8-14)11(2)24/h5-8,10H,4,9H2,1-3H3,(H,22,25). The minimum Gasteiger partial charge on any atom is -0.462 e. The fourth-order valence-electron chi connectivity index (χ4n) is 2.87. The SMILES string of the molecule is CCOC(=O)c1c(C)oc2ncn(CC(=O)Nc3cccc(C(C)=O)c3)c(=O)c12. The molecule has 0 saturated carbocycles. The predicted molar refractivity (Wildman–Crippen MR) is 104 cm³/mol. The minimum absolute atomic E-state index is 0.00127. The maximum atomic E-state index is 12.8. The van der Waals surface area contributed by atoms with Gasteiger partial charge in [0.05, 0.1) is 6.61 Å². The molecule has 0 fully saturated rings. The second-order valence-electron chi connectivity index (χ2n) is 6.30. The van der Waals surface area contributed by atoms with E-state index in [1.54, 1.807) is 31.2 Å². The number of carbonyl (C=O) groups excluding carboxylic acids is 3. The molecule has 9 heteroatoms. The lowest BCUT2D eigenvalue weighted by molar-refractivity contribution is -0.116. The average molecular weight is 397 g/mol. The molecule has 0 spiro atoms. The quantitative estimate of drug-likeness (QED) is 0.500. The average Bonchev–Trinajstić information content (AvgIpc) is 3.01. The molecular formula is C20H19N3O6. The van der Waals surface area contributed by atoms with Crippen molar-refractivity contribution >= 4 is 34.4 Å². The molecule has 150 valence electrons. The van der Waals surface area contributed by atoms with E-state index in [4.69, 9.17) is 9.15 Å². The Morgan fingerprint density at radius 2 is 2.03 bits per heavy atom. The van der Waals surface area contributed by atoms with Crippen LogP contribution in [0.1, 0.15) is 40.3 Å². The molecule has 2 aromatic heterocycles. The Hall–Kier alpha value is -3.75. The van der Waals surface area contributed by atoms with Crippen LogP contribution in [0.5, 0.6) is 0 Å². The van der Waals surface area contributed by atoms with Gasteiger partial charge < -0.3 is 14.5 Å². The Morgan fingerprint density at radius 3 is 2.72 bits per heavy atom. The van der Waals surface area contributed by atoms with Crippen LogP contribution in [0.2, 0.25) is 0 Å². The van der Waals surface area contributed by atoms with Crippen molar-refractivity contribution in [2.75, 3.05) is 11.9 Å². The first kappa shape index (κ1) is 20.0. The Bertz CT molecular complexity index is 1170. The van der Waals surface area contributed by atoms with Gasteiger partial charge in [-0.3, -0.25) is 19.0 Å². The molecule has 0 atom stereocenters. The summed E-state index contributed by atoms with van der Waals surface area (Å²) in [7, 11) is 0. The first-order chi connectivity index (χ1) is 13.8. The summed E-state index contributed by atoms with van der Waals surface area (Å²) in [5.41, 5.74) is 0.291. The van der Waals surface area contributed by atoms with Gasteiger partial charge in [0.15, 0.2) is 5.78 Å². The first-order valence-corrected chi connectivity index (χ1v) is 8.88. The van der Waals surface area contributed by atoms with Crippen molar-refractivity contribution in [3.8, 4) is 0 Å². The smallest absolute Gasteiger partial charge is 0.342 e. The van der Waals surface area contributed by atoms with E-state index in [2.05, 4.69) is 10.3 Å². The first-order valence-electron chi connectivity index (χ1n) is 8.88.